The molecule has 0 atom stereocenters. The second kappa shape index (κ2) is 11.3. The first-order valence-electron chi connectivity index (χ1n) is 8.23. The molecule has 0 bridgehead atoms. The Hall–Kier alpha value is -2.40. The summed E-state index contributed by atoms with van der Waals surface area (Å²) in [4.78, 5) is 16.2. The summed E-state index contributed by atoms with van der Waals surface area (Å²) in [5, 5.41) is 0. The van der Waals surface area contributed by atoms with Gasteiger partial charge in [0.1, 0.15) is 12.4 Å². The van der Waals surface area contributed by atoms with Crippen LogP contribution in [0.4, 0.5) is 4.39 Å². The van der Waals surface area contributed by atoms with Crippen LogP contribution in [0.15, 0.2) is 76.3 Å². The molecule has 0 aliphatic heterocycles. The Balaban J connectivity index is 3.03. The largest absolute Gasteiger partial charge is 0.473 e. The van der Waals surface area contributed by atoms with Crippen molar-refractivity contribution >= 4 is 17.3 Å². The summed E-state index contributed by atoms with van der Waals surface area (Å²) in [7, 11) is 1.67. The summed E-state index contributed by atoms with van der Waals surface area (Å²) in [6, 6.07) is 3.27. The van der Waals surface area contributed by atoms with Gasteiger partial charge in [-0.05, 0) is 38.1 Å². The van der Waals surface area contributed by atoms with Gasteiger partial charge in [-0.3, -0.25) is 4.79 Å². The molecular formula is C20H24ClFN2O2. The van der Waals surface area contributed by atoms with Gasteiger partial charge in [0.2, 0.25) is 5.88 Å². The number of ether oxygens (including phenoxy) is 1. The number of aromatic nitrogens is 1. The topological polar surface area (TPSA) is 43.6 Å². The number of nitrogens with zero attached hydrogens (tertiary/aromatic N) is 2. The molecular weight excluding hydrogens is 355 g/mol. The van der Waals surface area contributed by atoms with E-state index in [4.69, 9.17) is 16.3 Å². The van der Waals surface area contributed by atoms with Gasteiger partial charge in [0.25, 0.3) is 5.56 Å². The van der Waals surface area contributed by atoms with Crippen molar-refractivity contribution in [3.8, 4) is 0 Å². The highest BCUT2D eigenvalue weighted by Gasteiger charge is 2.07. The summed E-state index contributed by atoms with van der Waals surface area (Å²) in [6.45, 7) is 7.40. The summed E-state index contributed by atoms with van der Waals surface area (Å²) in [6.07, 6.45) is 9.09. The third-order valence-corrected chi connectivity index (χ3v) is 3.70. The maximum absolute atomic E-state index is 13.8. The van der Waals surface area contributed by atoms with Crippen molar-refractivity contribution in [3.05, 3.63) is 82.4 Å². The highest BCUT2D eigenvalue weighted by atomic mass is 35.5. The van der Waals surface area contributed by atoms with E-state index in [0.29, 0.717) is 16.8 Å². The van der Waals surface area contributed by atoms with Crippen LogP contribution in [0.5, 0.6) is 0 Å². The molecule has 1 rings (SSSR count). The predicted octanol–water partition coefficient (Wildman–Crippen LogP) is 4.67. The Labute approximate surface area is 158 Å². The summed E-state index contributed by atoms with van der Waals surface area (Å²) in [5.41, 5.74) is 1.35. The van der Waals surface area contributed by atoms with Gasteiger partial charge in [0.05, 0.1) is 5.71 Å². The quantitative estimate of drug-likeness (QED) is 0.271. The Bertz CT molecular complexity index is 804. The number of hydrogen-bond donors (Lipinski definition) is 0. The second-order valence-electron chi connectivity index (χ2n) is 5.44. The van der Waals surface area contributed by atoms with Crippen LogP contribution >= 0.6 is 11.6 Å². The number of alkyl halides is 1. The average Bonchev–Trinajstić information content (AvgIpc) is 2.61. The first kappa shape index (κ1) is 21.6. The Morgan fingerprint density at radius 3 is 2.77 bits per heavy atom. The molecule has 0 spiro atoms. The van der Waals surface area contributed by atoms with Crippen molar-refractivity contribution in [3.63, 3.8) is 0 Å². The van der Waals surface area contributed by atoms with E-state index in [0.717, 1.165) is 6.42 Å². The van der Waals surface area contributed by atoms with Crippen molar-refractivity contribution in [1.82, 2.24) is 4.57 Å². The highest BCUT2D eigenvalue weighted by Crippen LogP contribution is 2.13. The molecule has 0 aromatic carbocycles. The van der Waals surface area contributed by atoms with Crippen molar-refractivity contribution in [1.29, 1.82) is 0 Å². The monoisotopic (exact) mass is 378 g/mol. The van der Waals surface area contributed by atoms with E-state index in [2.05, 4.69) is 11.6 Å². The van der Waals surface area contributed by atoms with Gasteiger partial charge in [0, 0.05) is 36.3 Å². The van der Waals surface area contributed by atoms with Crippen LogP contribution in [0, 0.1) is 0 Å². The average molecular weight is 379 g/mol. The summed E-state index contributed by atoms with van der Waals surface area (Å²) < 4.78 is 20.7. The Morgan fingerprint density at radius 2 is 2.19 bits per heavy atom. The van der Waals surface area contributed by atoms with Gasteiger partial charge in [0.15, 0.2) is 0 Å². The maximum Gasteiger partial charge on any atom is 0.250 e. The minimum Gasteiger partial charge on any atom is -0.473 e. The highest BCUT2D eigenvalue weighted by molar-refractivity contribution is 6.19. The molecule has 4 nitrogen and oxygen atoms in total. The smallest absolute Gasteiger partial charge is 0.250 e. The number of pyridine rings is 1. The molecule has 0 unspecified atom stereocenters. The second-order valence-corrected chi connectivity index (χ2v) is 5.71. The van der Waals surface area contributed by atoms with E-state index >= 15 is 0 Å². The molecule has 0 aliphatic carbocycles. The lowest BCUT2D eigenvalue weighted by molar-refractivity contribution is 0.237. The van der Waals surface area contributed by atoms with Crippen LogP contribution in [-0.4, -0.2) is 22.8 Å². The predicted molar refractivity (Wildman–Crippen MR) is 106 cm³/mol. The third-order valence-electron chi connectivity index (χ3n) is 3.38. The van der Waals surface area contributed by atoms with Gasteiger partial charge in [-0.25, -0.2) is 9.38 Å². The molecule has 26 heavy (non-hydrogen) atoms. The fourth-order valence-corrected chi connectivity index (χ4v) is 2.11. The van der Waals surface area contributed by atoms with Gasteiger partial charge >= 0.3 is 0 Å². The molecule has 140 valence electrons. The molecule has 1 aromatic rings. The number of halogens is 2. The van der Waals surface area contributed by atoms with Crippen LogP contribution in [0.1, 0.15) is 25.8 Å². The third kappa shape index (κ3) is 6.84. The lowest BCUT2D eigenvalue weighted by atomic mass is 10.1. The van der Waals surface area contributed by atoms with Crippen LogP contribution < -0.4 is 5.56 Å². The minimum absolute atomic E-state index is 0.00445. The molecule has 0 saturated carbocycles. The summed E-state index contributed by atoms with van der Waals surface area (Å²) >= 11 is 5.76. The summed E-state index contributed by atoms with van der Waals surface area (Å²) in [5.74, 6) is -0.320. The molecule has 0 aliphatic rings. The number of aliphatic imine (C=N–C) groups is 1. The van der Waals surface area contributed by atoms with E-state index in [9.17, 15) is 9.18 Å². The van der Waals surface area contributed by atoms with Crippen LogP contribution in [-0.2, 0) is 11.8 Å². The lowest BCUT2D eigenvalue weighted by Crippen LogP contribution is -2.16. The molecule has 0 amide bonds. The SMILES string of the molecule is C=C(/N=C(\C=CCC)c1ccn(C)c(=O)c1)OC/C(CCl)=C(F)/C=C\C. The first-order chi connectivity index (χ1) is 12.4. The number of aryl methyl sites for hydroxylation is 1. The van der Waals surface area contributed by atoms with E-state index in [1.807, 2.05) is 13.0 Å². The molecule has 0 N–H and O–H groups in total. The molecule has 1 aromatic heterocycles. The fourth-order valence-electron chi connectivity index (χ4n) is 1.91. The van der Waals surface area contributed by atoms with Gasteiger partial charge < -0.3 is 9.30 Å². The van der Waals surface area contributed by atoms with E-state index in [-0.39, 0.29) is 23.9 Å². The van der Waals surface area contributed by atoms with Gasteiger partial charge in [-0.2, -0.15) is 0 Å². The molecule has 0 saturated heterocycles. The van der Waals surface area contributed by atoms with Crippen LogP contribution in [0.25, 0.3) is 0 Å². The van der Waals surface area contributed by atoms with Crippen LogP contribution in [0.2, 0.25) is 0 Å². The zero-order chi connectivity index (χ0) is 19.5. The van der Waals surface area contributed by atoms with Gasteiger partial charge in [-0.15, -0.1) is 11.6 Å². The van der Waals surface area contributed by atoms with Crippen molar-refractivity contribution in [2.24, 2.45) is 12.0 Å². The zero-order valence-corrected chi connectivity index (χ0v) is 16.1. The van der Waals surface area contributed by atoms with E-state index < -0.39 is 5.83 Å². The molecule has 0 fully saturated rings. The minimum atomic E-state index is -0.433. The fraction of sp³-hybridized carbons (Fsp3) is 0.300. The Morgan fingerprint density at radius 1 is 1.46 bits per heavy atom. The normalized spacial score (nSPS) is 13.3. The van der Waals surface area contributed by atoms with E-state index in [1.54, 1.807) is 38.4 Å². The van der Waals surface area contributed by atoms with Crippen molar-refractivity contribution < 1.29 is 9.13 Å². The standard InChI is InChI=1S/C20H24ClFN2O2/c1-5-7-9-19(16-10-11-24(4)20(25)12-16)23-15(3)26-14-17(13-21)18(22)8-6-2/h6-12H,3,5,13-14H2,1-2,4H3/b8-6-,9-7?,18-17-,23-19+. The number of allylic oxidation sites excluding steroid dienone is 5. The Kier molecular flexibility index (Phi) is 9.37. The lowest BCUT2D eigenvalue weighted by Gasteiger charge is -2.09. The van der Waals surface area contributed by atoms with Crippen molar-refractivity contribution in [2.75, 3.05) is 12.5 Å². The number of hydrogen-bond acceptors (Lipinski definition) is 3. The van der Waals surface area contributed by atoms with Gasteiger partial charge in [-0.1, -0.05) is 19.1 Å². The van der Waals surface area contributed by atoms with E-state index in [1.165, 1.54) is 16.7 Å². The molecule has 6 heteroatoms. The molecule has 0 radical (unpaired) electrons. The first-order valence-corrected chi connectivity index (χ1v) is 8.76. The van der Waals surface area contributed by atoms with Crippen LogP contribution in [0.3, 0.4) is 0 Å². The molecule has 1 heterocycles. The zero-order valence-electron chi connectivity index (χ0n) is 15.3. The number of rotatable bonds is 9. The maximum atomic E-state index is 13.8. The van der Waals surface area contributed by atoms with Crippen molar-refractivity contribution in [2.45, 2.75) is 20.3 Å².